The third-order valence-electron chi connectivity index (χ3n) is 3.74. The predicted octanol–water partition coefficient (Wildman–Crippen LogP) is 1.99. The fraction of sp³-hybridized carbons (Fsp3) is 0.158. The highest BCUT2D eigenvalue weighted by Crippen LogP contribution is 2.21. The zero-order valence-corrected chi connectivity index (χ0v) is 16.8. The molecule has 3 N–H and O–H groups in total. The van der Waals surface area contributed by atoms with E-state index in [4.69, 9.17) is 12.2 Å². The number of fused-ring (bicyclic) bond motifs is 1. The largest absolute Gasteiger partial charge is 0.362 e. The first-order chi connectivity index (χ1) is 13.6. The number of nitrogens with zero attached hydrogens (tertiary/aromatic N) is 2. The smallest absolute Gasteiger partial charge is 0.266 e. The molecule has 9 heteroatoms. The number of thioether (sulfide) groups is 1. The van der Waals surface area contributed by atoms with Crippen LogP contribution in [0.25, 0.3) is 16.6 Å². The molecule has 1 aromatic heterocycles. The fourth-order valence-corrected chi connectivity index (χ4v) is 3.52. The Balaban J connectivity index is 1.87. The van der Waals surface area contributed by atoms with Crippen LogP contribution in [0.4, 0.5) is 0 Å². The molecule has 1 amide bonds. The summed E-state index contributed by atoms with van der Waals surface area (Å²) in [6.07, 6.45) is 0. The van der Waals surface area contributed by atoms with Crippen molar-refractivity contribution in [3.63, 3.8) is 0 Å². The van der Waals surface area contributed by atoms with Crippen LogP contribution in [0.5, 0.6) is 0 Å². The highest BCUT2D eigenvalue weighted by atomic mass is 32.2. The van der Waals surface area contributed by atoms with E-state index in [9.17, 15) is 9.59 Å². The van der Waals surface area contributed by atoms with E-state index in [1.165, 1.54) is 16.3 Å². The summed E-state index contributed by atoms with van der Waals surface area (Å²) < 4.78 is 1.52. The summed E-state index contributed by atoms with van der Waals surface area (Å²) in [6, 6.07) is 16.4. The number of para-hydroxylation sites is 2. The molecular formula is C19H19N5O2S2. The van der Waals surface area contributed by atoms with Gasteiger partial charge < -0.3 is 5.32 Å². The summed E-state index contributed by atoms with van der Waals surface area (Å²) in [5, 5.41) is 4.18. The van der Waals surface area contributed by atoms with E-state index < -0.39 is 0 Å². The Bertz CT molecular complexity index is 1050. The molecule has 0 atom stereocenters. The molecule has 3 aromatic rings. The van der Waals surface area contributed by atoms with Crippen LogP contribution < -0.4 is 21.7 Å². The molecule has 3 rings (SSSR count). The number of hydrogen-bond donors (Lipinski definition) is 3. The van der Waals surface area contributed by atoms with Crippen molar-refractivity contribution >= 4 is 45.9 Å². The number of benzene rings is 2. The van der Waals surface area contributed by atoms with Crippen LogP contribution in [-0.2, 0) is 4.79 Å². The second kappa shape index (κ2) is 9.34. The fourth-order valence-electron chi connectivity index (χ4n) is 2.51. The summed E-state index contributed by atoms with van der Waals surface area (Å²) in [6.45, 7) is 2.56. The van der Waals surface area contributed by atoms with Gasteiger partial charge in [0.1, 0.15) is 0 Å². The van der Waals surface area contributed by atoms with Gasteiger partial charge in [0.15, 0.2) is 10.3 Å². The number of hydrazine groups is 1. The van der Waals surface area contributed by atoms with Gasteiger partial charge in [-0.25, -0.2) is 4.98 Å². The third kappa shape index (κ3) is 4.68. The summed E-state index contributed by atoms with van der Waals surface area (Å²) >= 11 is 6.18. The average Bonchev–Trinajstić information content (AvgIpc) is 2.71. The maximum Gasteiger partial charge on any atom is 0.266 e. The SMILES string of the molecule is CCNC(=S)NNC(=O)CSc1nc2ccccc2c(=O)n1-c1ccccc1. The lowest BCUT2D eigenvalue weighted by molar-refractivity contribution is -0.119. The molecule has 0 radical (unpaired) electrons. The quantitative estimate of drug-likeness (QED) is 0.255. The first-order valence-electron chi connectivity index (χ1n) is 8.63. The van der Waals surface area contributed by atoms with Crippen LogP contribution in [-0.4, -0.2) is 32.9 Å². The Morgan fingerprint density at radius 2 is 1.82 bits per heavy atom. The van der Waals surface area contributed by atoms with Crippen LogP contribution >= 0.6 is 24.0 Å². The van der Waals surface area contributed by atoms with Gasteiger partial charge in [0.25, 0.3) is 5.56 Å². The van der Waals surface area contributed by atoms with Gasteiger partial charge in [-0.15, -0.1) is 0 Å². The number of hydrogen-bond acceptors (Lipinski definition) is 5. The first kappa shape index (κ1) is 19.8. The molecule has 0 saturated heterocycles. The van der Waals surface area contributed by atoms with Crippen molar-refractivity contribution in [3.8, 4) is 5.69 Å². The van der Waals surface area contributed by atoms with Gasteiger partial charge in [0.2, 0.25) is 5.91 Å². The summed E-state index contributed by atoms with van der Waals surface area (Å²) in [7, 11) is 0. The Labute approximate surface area is 171 Å². The standard InChI is InChI=1S/C19H19N5O2S2/c1-2-20-18(27)23-22-16(25)12-28-19-21-15-11-7-6-10-14(15)17(26)24(19)13-8-4-3-5-9-13/h3-11H,2,12H2,1H3,(H,22,25)(H2,20,23,27). The minimum absolute atomic E-state index is 0.0688. The molecule has 2 aromatic carbocycles. The van der Waals surface area contributed by atoms with Crippen molar-refractivity contribution in [2.24, 2.45) is 0 Å². The van der Waals surface area contributed by atoms with Crippen molar-refractivity contribution < 1.29 is 4.79 Å². The second-order valence-electron chi connectivity index (χ2n) is 5.71. The van der Waals surface area contributed by atoms with E-state index in [0.717, 1.165) is 0 Å². The Morgan fingerprint density at radius 3 is 2.57 bits per heavy atom. The molecule has 0 aliphatic heterocycles. The lowest BCUT2D eigenvalue weighted by Gasteiger charge is -2.13. The molecule has 1 heterocycles. The molecule has 0 saturated carbocycles. The van der Waals surface area contributed by atoms with E-state index in [1.807, 2.05) is 43.3 Å². The van der Waals surface area contributed by atoms with Crippen LogP contribution in [0.1, 0.15) is 6.92 Å². The third-order valence-corrected chi connectivity index (χ3v) is 4.93. The topological polar surface area (TPSA) is 88.1 Å². The molecule has 0 bridgehead atoms. The molecule has 0 aliphatic carbocycles. The minimum atomic E-state index is -0.285. The van der Waals surface area contributed by atoms with Gasteiger partial charge in [0.05, 0.1) is 22.3 Å². The number of amides is 1. The highest BCUT2D eigenvalue weighted by molar-refractivity contribution is 7.99. The van der Waals surface area contributed by atoms with Crippen LogP contribution in [0.3, 0.4) is 0 Å². The van der Waals surface area contributed by atoms with Crippen molar-refractivity contribution in [3.05, 3.63) is 65.0 Å². The van der Waals surface area contributed by atoms with Gasteiger partial charge in [-0.05, 0) is 43.4 Å². The molecule has 7 nitrogen and oxygen atoms in total. The number of rotatable bonds is 5. The Kier molecular flexibility index (Phi) is 6.62. The number of nitrogens with one attached hydrogen (secondary N) is 3. The van der Waals surface area contributed by atoms with Crippen LogP contribution in [0, 0.1) is 0 Å². The first-order valence-corrected chi connectivity index (χ1v) is 10.0. The Morgan fingerprint density at radius 1 is 1.11 bits per heavy atom. The van der Waals surface area contributed by atoms with Crippen molar-refractivity contribution in [1.82, 2.24) is 25.7 Å². The molecule has 0 spiro atoms. The maximum absolute atomic E-state index is 13.1. The molecule has 0 unspecified atom stereocenters. The maximum atomic E-state index is 13.1. The number of aromatic nitrogens is 2. The van der Waals surface area contributed by atoms with E-state index in [0.29, 0.717) is 33.4 Å². The van der Waals surface area contributed by atoms with Crippen molar-refractivity contribution in [2.75, 3.05) is 12.3 Å². The number of thiocarbonyl (C=S) groups is 1. The molecule has 0 fully saturated rings. The predicted molar refractivity (Wildman–Crippen MR) is 116 cm³/mol. The summed E-state index contributed by atoms with van der Waals surface area (Å²) in [4.78, 5) is 29.8. The Hall–Kier alpha value is -2.91. The van der Waals surface area contributed by atoms with E-state index in [-0.39, 0.29) is 17.2 Å². The van der Waals surface area contributed by atoms with E-state index in [1.54, 1.807) is 18.2 Å². The average molecular weight is 414 g/mol. The monoisotopic (exact) mass is 413 g/mol. The lowest BCUT2D eigenvalue weighted by Crippen LogP contribution is -2.47. The van der Waals surface area contributed by atoms with Gasteiger partial charge in [0, 0.05) is 6.54 Å². The summed E-state index contributed by atoms with van der Waals surface area (Å²) in [5.74, 6) is -0.216. The number of carbonyl (C=O) groups is 1. The molecular weight excluding hydrogens is 394 g/mol. The molecule has 0 aliphatic rings. The van der Waals surface area contributed by atoms with Crippen molar-refractivity contribution in [1.29, 1.82) is 0 Å². The zero-order valence-electron chi connectivity index (χ0n) is 15.1. The normalized spacial score (nSPS) is 10.5. The van der Waals surface area contributed by atoms with Crippen LogP contribution in [0.2, 0.25) is 0 Å². The summed E-state index contributed by atoms with van der Waals surface area (Å²) in [5.41, 5.74) is 6.26. The minimum Gasteiger partial charge on any atom is -0.362 e. The lowest BCUT2D eigenvalue weighted by atomic mass is 10.2. The van der Waals surface area contributed by atoms with Crippen LogP contribution in [0.15, 0.2) is 64.5 Å². The highest BCUT2D eigenvalue weighted by Gasteiger charge is 2.14. The number of carbonyl (C=O) groups excluding carboxylic acids is 1. The van der Waals surface area contributed by atoms with Gasteiger partial charge in [-0.1, -0.05) is 42.1 Å². The van der Waals surface area contributed by atoms with E-state index >= 15 is 0 Å². The van der Waals surface area contributed by atoms with Gasteiger partial charge in [-0.2, -0.15) is 0 Å². The zero-order chi connectivity index (χ0) is 19.9. The van der Waals surface area contributed by atoms with Gasteiger partial charge in [-0.3, -0.25) is 25.0 Å². The molecule has 144 valence electrons. The van der Waals surface area contributed by atoms with Crippen molar-refractivity contribution in [2.45, 2.75) is 12.1 Å². The van der Waals surface area contributed by atoms with Gasteiger partial charge >= 0.3 is 0 Å². The molecule has 28 heavy (non-hydrogen) atoms. The second-order valence-corrected chi connectivity index (χ2v) is 7.06. The van der Waals surface area contributed by atoms with E-state index in [2.05, 4.69) is 21.2 Å².